The molecule has 0 bridgehead atoms. The Bertz CT molecular complexity index is 1170. The Morgan fingerprint density at radius 3 is 2.39 bits per heavy atom. The van der Waals surface area contributed by atoms with Crippen molar-refractivity contribution in [2.45, 2.75) is 39.8 Å². The molecule has 0 aliphatic heterocycles. The van der Waals surface area contributed by atoms with Gasteiger partial charge in [0.15, 0.2) is 6.61 Å². The van der Waals surface area contributed by atoms with Crippen molar-refractivity contribution in [3.8, 4) is 5.75 Å². The maximum atomic E-state index is 13.6. The second-order valence-corrected chi connectivity index (χ2v) is 10.4. The smallest absolute Gasteiger partial charge is 0.261 e. The lowest BCUT2D eigenvalue weighted by atomic mass is 10.0. The van der Waals surface area contributed by atoms with E-state index in [9.17, 15) is 9.59 Å². The quantitative estimate of drug-likeness (QED) is 0.298. The number of benzene rings is 3. The molecule has 0 unspecified atom stereocenters. The maximum absolute atomic E-state index is 13.6. The molecule has 3 aromatic carbocycles. The molecular formula is C29H32BrClN2O3. The van der Waals surface area contributed by atoms with Crippen LogP contribution in [0.1, 0.15) is 30.5 Å². The molecule has 190 valence electrons. The maximum Gasteiger partial charge on any atom is 0.261 e. The third-order valence-corrected chi connectivity index (χ3v) is 7.00. The van der Waals surface area contributed by atoms with Gasteiger partial charge in [-0.15, -0.1) is 0 Å². The Balaban J connectivity index is 1.91. The number of carbonyl (C=O) groups is 2. The Morgan fingerprint density at radius 1 is 1.03 bits per heavy atom. The van der Waals surface area contributed by atoms with Gasteiger partial charge in [-0.3, -0.25) is 9.59 Å². The summed E-state index contributed by atoms with van der Waals surface area (Å²) < 4.78 is 6.82. The summed E-state index contributed by atoms with van der Waals surface area (Å²) in [5, 5.41) is 3.56. The lowest BCUT2D eigenvalue weighted by Crippen LogP contribution is -2.52. The van der Waals surface area contributed by atoms with Crippen molar-refractivity contribution < 1.29 is 14.3 Å². The first-order valence-corrected chi connectivity index (χ1v) is 13.1. The Labute approximate surface area is 226 Å². The molecule has 1 atom stereocenters. The number of nitrogens with one attached hydrogen (secondary N) is 1. The molecule has 0 aliphatic rings. The third-order valence-electron chi connectivity index (χ3n) is 5.75. The standard InChI is InChI=1S/C29H32BrClN2O3/c1-20(2)17-32-29(35)27(16-22-9-5-4-6-10-22)33(18-23-11-7-8-12-26(23)31)28(34)19-36-24-13-14-25(30)21(3)15-24/h4-15,20,27H,16-19H2,1-3H3,(H,32,35)/t27-/m1/s1. The summed E-state index contributed by atoms with van der Waals surface area (Å²) in [5.74, 6) is 0.372. The summed E-state index contributed by atoms with van der Waals surface area (Å²) in [6.45, 7) is 6.53. The molecule has 3 rings (SSSR count). The number of nitrogens with zero attached hydrogens (tertiary/aromatic N) is 1. The number of hydrogen-bond acceptors (Lipinski definition) is 3. The average Bonchev–Trinajstić information content (AvgIpc) is 2.86. The largest absolute Gasteiger partial charge is 0.484 e. The Kier molecular flexibility index (Phi) is 10.4. The van der Waals surface area contributed by atoms with Crippen LogP contribution in [0.25, 0.3) is 0 Å². The average molecular weight is 572 g/mol. The SMILES string of the molecule is Cc1cc(OCC(=O)N(Cc2ccccc2Cl)[C@H](Cc2ccccc2)C(=O)NCC(C)C)ccc1Br. The number of carbonyl (C=O) groups excluding carboxylic acids is 2. The molecule has 0 saturated carbocycles. The van der Waals surface area contributed by atoms with E-state index in [-0.39, 0.29) is 30.9 Å². The van der Waals surface area contributed by atoms with Gasteiger partial charge in [0.1, 0.15) is 11.8 Å². The lowest BCUT2D eigenvalue weighted by Gasteiger charge is -2.32. The second-order valence-electron chi connectivity index (χ2n) is 9.16. The van der Waals surface area contributed by atoms with E-state index in [1.54, 1.807) is 17.0 Å². The van der Waals surface area contributed by atoms with Crippen molar-refractivity contribution in [1.29, 1.82) is 0 Å². The van der Waals surface area contributed by atoms with Gasteiger partial charge in [0.25, 0.3) is 5.91 Å². The minimum Gasteiger partial charge on any atom is -0.484 e. The first-order chi connectivity index (χ1) is 17.2. The van der Waals surface area contributed by atoms with Gasteiger partial charge in [0.05, 0.1) is 0 Å². The Morgan fingerprint density at radius 2 is 1.72 bits per heavy atom. The summed E-state index contributed by atoms with van der Waals surface area (Å²) in [7, 11) is 0. The zero-order chi connectivity index (χ0) is 26.1. The van der Waals surface area contributed by atoms with Gasteiger partial charge in [-0.25, -0.2) is 0 Å². The summed E-state index contributed by atoms with van der Waals surface area (Å²) >= 11 is 9.93. The summed E-state index contributed by atoms with van der Waals surface area (Å²) in [6, 6.07) is 21.9. The fraction of sp³-hybridized carbons (Fsp3) is 0.310. The van der Waals surface area contributed by atoms with E-state index in [1.807, 2.05) is 81.4 Å². The summed E-state index contributed by atoms with van der Waals surface area (Å²) in [5.41, 5.74) is 2.73. The van der Waals surface area contributed by atoms with E-state index in [0.29, 0.717) is 23.7 Å². The predicted molar refractivity (Wildman–Crippen MR) is 148 cm³/mol. The highest BCUT2D eigenvalue weighted by Crippen LogP contribution is 2.23. The molecule has 0 aromatic heterocycles. The summed E-state index contributed by atoms with van der Waals surface area (Å²) in [4.78, 5) is 28.7. The topological polar surface area (TPSA) is 58.6 Å². The molecule has 0 heterocycles. The molecule has 1 N–H and O–H groups in total. The number of aryl methyl sites for hydroxylation is 1. The van der Waals surface area contributed by atoms with Gasteiger partial charge < -0.3 is 15.0 Å². The molecule has 5 nitrogen and oxygen atoms in total. The Hall–Kier alpha value is -2.83. The second kappa shape index (κ2) is 13.5. The number of hydrogen-bond donors (Lipinski definition) is 1. The van der Waals surface area contributed by atoms with Crippen LogP contribution >= 0.6 is 27.5 Å². The van der Waals surface area contributed by atoms with Gasteiger partial charge >= 0.3 is 0 Å². The number of ether oxygens (including phenoxy) is 1. The zero-order valence-electron chi connectivity index (χ0n) is 20.8. The van der Waals surface area contributed by atoms with Crippen LogP contribution in [-0.4, -0.2) is 35.9 Å². The van der Waals surface area contributed by atoms with Crippen LogP contribution in [0.2, 0.25) is 5.02 Å². The van der Waals surface area contributed by atoms with E-state index in [1.165, 1.54) is 0 Å². The van der Waals surface area contributed by atoms with Gasteiger partial charge in [-0.1, -0.05) is 89.9 Å². The predicted octanol–water partition coefficient (Wildman–Crippen LogP) is 6.20. The van der Waals surface area contributed by atoms with Crippen molar-refractivity contribution in [1.82, 2.24) is 10.2 Å². The minimum atomic E-state index is -0.731. The van der Waals surface area contributed by atoms with Crippen LogP contribution in [-0.2, 0) is 22.6 Å². The fourth-order valence-corrected chi connectivity index (χ4v) is 4.16. The first-order valence-electron chi connectivity index (χ1n) is 12.0. The van der Waals surface area contributed by atoms with Crippen LogP contribution in [0.3, 0.4) is 0 Å². The zero-order valence-corrected chi connectivity index (χ0v) is 23.2. The molecular weight excluding hydrogens is 540 g/mol. The van der Waals surface area contributed by atoms with Crippen LogP contribution < -0.4 is 10.1 Å². The molecule has 0 aliphatic carbocycles. The van der Waals surface area contributed by atoms with Gasteiger partial charge in [0.2, 0.25) is 5.91 Å². The number of amides is 2. The third kappa shape index (κ3) is 8.10. The molecule has 2 amide bonds. The van der Waals surface area contributed by atoms with Crippen LogP contribution in [0.4, 0.5) is 0 Å². The van der Waals surface area contributed by atoms with E-state index in [0.717, 1.165) is 21.2 Å². The first kappa shape index (κ1) is 27.8. The fourth-order valence-electron chi connectivity index (χ4n) is 3.72. The normalized spacial score (nSPS) is 11.7. The van der Waals surface area contributed by atoms with E-state index in [4.69, 9.17) is 16.3 Å². The van der Waals surface area contributed by atoms with Gasteiger partial charge in [-0.2, -0.15) is 0 Å². The molecule has 7 heteroatoms. The lowest BCUT2D eigenvalue weighted by molar-refractivity contribution is -0.142. The van der Waals surface area contributed by atoms with Crippen molar-refractivity contribution in [3.05, 3.63) is 99.0 Å². The molecule has 0 spiro atoms. The van der Waals surface area contributed by atoms with Crippen molar-refractivity contribution in [2.75, 3.05) is 13.2 Å². The molecule has 36 heavy (non-hydrogen) atoms. The molecule has 0 fully saturated rings. The van der Waals surface area contributed by atoms with Crippen LogP contribution in [0.15, 0.2) is 77.3 Å². The van der Waals surface area contributed by atoms with Crippen molar-refractivity contribution in [3.63, 3.8) is 0 Å². The van der Waals surface area contributed by atoms with Crippen molar-refractivity contribution in [2.24, 2.45) is 5.92 Å². The molecule has 0 radical (unpaired) electrons. The highest BCUT2D eigenvalue weighted by Gasteiger charge is 2.31. The van der Waals surface area contributed by atoms with Gasteiger partial charge in [0, 0.05) is 29.0 Å². The van der Waals surface area contributed by atoms with Gasteiger partial charge in [-0.05, 0) is 53.8 Å². The molecule has 3 aromatic rings. The van der Waals surface area contributed by atoms with E-state index < -0.39 is 6.04 Å². The van der Waals surface area contributed by atoms with E-state index >= 15 is 0 Å². The monoisotopic (exact) mass is 570 g/mol. The van der Waals surface area contributed by atoms with Crippen molar-refractivity contribution >= 4 is 39.3 Å². The number of halogens is 2. The minimum absolute atomic E-state index is 0.188. The van der Waals surface area contributed by atoms with Crippen LogP contribution in [0.5, 0.6) is 5.75 Å². The van der Waals surface area contributed by atoms with Crippen LogP contribution in [0, 0.1) is 12.8 Å². The number of rotatable bonds is 11. The van der Waals surface area contributed by atoms with E-state index in [2.05, 4.69) is 21.2 Å². The summed E-state index contributed by atoms with van der Waals surface area (Å²) in [6.07, 6.45) is 0.373. The highest BCUT2D eigenvalue weighted by atomic mass is 79.9. The highest BCUT2D eigenvalue weighted by molar-refractivity contribution is 9.10. The molecule has 0 saturated heterocycles.